The first kappa shape index (κ1) is 21.2. The maximum atomic E-state index is 13.7. The van der Waals surface area contributed by atoms with Crippen molar-refractivity contribution in [2.75, 3.05) is 16.3 Å². The number of hydrogen-bond donors (Lipinski definition) is 0. The molecule has 3 aromatic rings. The summed E-state index contributed by atoms with van der Waals surface area (Å²) in [4.78, 5) is 30.3. The maximum absolute atomic E-state index is 13.7. The van der Waals surface area contributed by atoms with E-state index in [1.807, 2.05) is 73.3 Å². The summed E-state index contributed by atoms with van der Waals surface area (Å²) in [7, 11) is 0. The lowest BCUT2D eigenvalue weighted by molar-refractivity contribution is -0.120. The number of benzene rings is 3. The summed E-state index contributed by atoms with van der Waals surface area (Å²) in [6.07, 6.45) is 0. The van der Waals surface area contributed by atoms with E-state index >= 15 is 0 Å². The van der Waals surface area contributed by atoms with Gasteiger partial charge in [0.1, 0.15) is 5.70 Å². The van der Waals surface area contributed by atoms with E-state index in [9.17, 15) is 9.59 Å². The first-order chi connectivity index (χ1) is 14.9. The van der Waals surface area contributed by atoms with Crippen LogP contribution in [0.3, 0.4) is 0 Å². The molecule has 0 bridgehead atoms. The number of aryl methyl sites for hydroxylation is 1. The average Bonchev–Trinajstić information content (AvgIpc) is 3.02. The van der Waals surface area contributed by atoms with Gasteiger partial charge in [0.05, 0.1) is 21.3 Å². The van der Waals surface area contributed by atoms with Gasteiger partial charge < -0.3 is 4.90 Å². The van der Waals surface area contributed by atoms with Crippen LogP contribution in [-0.4, -0.2) is 18.4 Å². The number of carbonyl (C=O) groups excluding carboxylic acids is 2. The summed E-state index contributed by atoms with van der Waals surface area (Å²) in [5, 5.41) is 0.636. The fourth-order valence-corrected chi connectivity index (χ4v) is 3.98. The zero-order valence-corrected chi connectivity index (χ0v) is 18.6. The van der Waals surface area contributed by atoms with Crippen molar-refractivity contribution in [2.45, 2.75) is 13.8 Å². The molecule has 31 heavy (non-hydrogen) atoms. The lowest BCUT2D eigenvalue weighted by Crippen LogP contribution is -2.35. The standard InChI is InChI=1S/C25H20Cl2N2O2/c1-3-28(18-7-5-4-6-8-18)23-22(17-11-9-16(2)10-12-17)24(30)29(25(23)31)19-13-14-20(26)21(27)15-19/h4-15H,3H2,1-2H3. The largest absolute Gasteiger partial charge is 0.337 e. The number of rotatable bonds is 5. The molecule has 0 saturated heterocycles. The second kappa shape index (κ2) is 8.58. The van der Waals surface area contributed by atoms with Crippen molar-refractivity contribution < 1.29 is 9.59 Å². The zero-order valence-electron chi connectivity index (χ0n) is 17.1. The van der Waals surface area contributed by atoms with E-state index < -0.39 is 11.8 Å². The smallest absolute Gasteiger partial charge is 0.282 e. The number of para-hydroxylation sites is 1. The molecule has 1 aliphatic heterocycles. The number of likely N-dealkylation sites (N-methyl/N-ethyl adjacent to an activating group) is 1. The van der Waals surface area contributed by atoms with Crippen LogP contribution in [0.15, 0.2) is 78.5 Å². The molecule has 0 radical (unpaired) electrons. The predicted octanol–water partition coefficient (Wildman–Crippen LogP) is 6.11. The minimum absolute atomic E-state index is 0.278. The van der Waals surface area contributed by atoms with Crippen LogP contribution in [0.5, 0.6) is 0 Å². The van der Waals surface area contributed by atoms with Gasteiger partial charge >= 0.3 is 0 Å². The fraction of sp³-hybridized carbons (Fsp3) is 0.120. The number of amides is 2. The van der Waals surface area contributed by atoms with Crippen LogP contribution in [-0.2, 0) is 9.59 Å². The SMILES string of the molecule is CCN(C1=C(c2ccc(C)cc2)C(=O)N(c2ccc(Cl)c(Cl)c2)C1=O)c1ccccc1. The van der Waals surface area contributed by atoms with E-state index in [0.717, 1.165) is 11.3 Å². The topological polar surface area (TPSA) is 40.6 Å². The number of nitrogens with zero attached hydrogens (tertiary/aromatic N) is 2. The number of carbonyl (C=O) groups is 2. The summed E-state index contributed by atoms with van der Waals surface area (Å²) in [5.41, 5.74) is 3.68. The number of imide groups is 1. The molecule has 3 aromatic carbocycles. The molecule has 0 saturated carbocycles. The highest BCUT2D eigenvalue weighted by Crippen LogP contribution is 2.38. The molecule has 0 aliphatic carbocycles. The Kier molecular flexibility index (Phi) is 5.86. The van der Waals surface area contributed by atoms with E-state index in [2.05, 4.69) is 0 Å². The van der Waals surface area contributed by atoms with Gasteiger partial charge in [0.2, 0.25) is 0 Å². The molecule has 0 unspecified atom stereocenters. The Labute approximate surface area is 191 Å². The van der Waals surface area contributed by atoms with Crippen LogP contribution < -0.4 is 9.80 Å². The number of hydrogen-bond acceptors (Lipinski definition) is 3. The Morgan fingerprint density at radius 3 is 2.13 bits per heavy atom. The average molecular weight is 451 g/mol. The summed E-state index contributed by atoms with van der Waals surface area (Å²) in [6.45, 7) is 4.44. The third-order valence-corrected chi connectivity index (χ3v) is 5.95. The molecule has 156 valence electrons. The van der Waals surface area contributed by atoms with E-state index in [-0.39, 0.29) is 5.02 Å². The molecule has 6 heteroatoms. The van der Waals surface area contributed by atoms with Crippen LogP contribution in [0.1, 0.15) is 18.1 Å². The molecule has 2 amide bonds. The summed E-state index contributed by atoms with van der Waals surface area (Å²) < 4.78 is 0. The molecule has 0 N–H and O–H groups in total. The van der Waals surface area contributed by atoms with E-state index in [1.165, 1.54) is 11.0 Å². The number of anilines is 2. The first-order valence-corrected chi connectivity index (χ1v) is 10.7. The van der Waals surface area contributed by atoms with Gasteiger partial charge in [0, 0.05) is 12.2 Å². The van der Waals surface area contributed by atoms with Crippen LogP contribution in [0.25, 0.3) is 5.57 Å². The predicted molar refractivity (Wildman–Crippen MR) is 127 cm³/mol. The monoisotopic (exact) mass is 450 g/mol. The Morgan fingerprint density at radius 1 is 0.839 bits per heavy atom. The van der Waals surface area contributed by atoms with Gasteiger partial charge in [0.25, 0.3) is 11.8 Å². The molecule has 4 nitrogen and oxygen atoms in total. The molecular weight excluding hydrogens is 431 g/mol. The molecule has 1 heterocycles. The van der Waals surface area contributed by atoms with Gasteiger partial charge in [-0.15, -0.1) is 0 Å². The van der Waals surface area contributed by atoms with Crippen LogP contribution in [0.2, 0.25) is 10.0 Å². The van der Waals surface area contributed by atoms with Crippen molar-refractivity contribution in [3.63, 3.8) is 0 Å². The normalized spacial score (nSPS) is 13.9. The van der Waals surface area contributed by atoms with E-state index in [4.69, 9.17) is 23.2 Å². The Balaban J connectivity index is 1.91. The Morgan fingerprint density at radius 2 is 1.52 bits per heavy atom. The van der Waals surface area contributed by atoms with Crippen LogP contribution in [0, 0.1) is 6.92 Å². The minimum Gasteiger partial charge on any atom is -0.337 e. The van der Waals surface area contributed by atoms with Crippen molar-refractivity contribution in [1.82, 2.24) is 0 Å². The highest BCUT2D eigenvalue weighted by Gasteiger charge is 2.42. The van der Waals surface area contributed by atoms with E-state index in [0.29, 0.717) is 34.1 Å². The molecule has 4 rings (SSSR count). The third-order valence-electron chi connectivity index (χ3n) is 5.22. The van der Waals surface area contributed by atoms with Gasteiger partial charge in [-0.05, 0) is 49.7 Å². The fourth-order valence-electron chi connectivity index (χ4n) is 3.69. The van der Waals surface area contributed by atoms with Crippen molar-refractivity contribution in [2.24, 2.45) is 0 Å². The van der Waals surface area contributed by atoms with Gasteiger partial charge in [-0.1, -0.05) is 71.2 Å². The molecular formula is C25H20Cl2N2O2. The summed E-state index contributed by atoms with van der Waals surface area (Å²) in [6, 6.07) is 21.9. The highest BCUT2D eigenvalue weighted by molar-refractivity contribution is 6.47. The second-order valence-corrected chi connectivity index (χ2v) is 8.03. The van der Waals surface area contributed by atoms with Crippen molar-refractivity contribution in [3.05, 3.63) is 99.7 Å². The van der Waals surface area contributed by atoms with Gasteiger partial charge in [-0.25, -0.2) is 4.90 Å². The van der Waals surface area contributed by atoms with Gasteiger partial charge in [-0.3, -0.25) is 9.59 Å². The van der Waals surface area contributed by atoms with Crippen LogP contribution >= 0.6 is 23.2 Å². The molecule has 0 aromatic heterocycles. The Hall–Kier alpha value is -3.08. The summed E-state index contributed by atoms with van der Waals surface area (Å²) in [5.74, 6) is -0.790. The van der Waals surface area contributed by atoms with Gasteiger partial charge in [0.15, 0.2) is 0 Å². The molecule has 0 spiro atoms. The summed E-state index contributed by atoms with van der Waals surface area (Å²) >= 11 is 12.2. The Bertz CT molecular complexity index is 1190. The second-order valence-electron chi connectivity index (χ2n) is 7.21. The molecule has 0 atom stereocenters. The van der Waals surface area contributed by atoms with E-state index in [1.54, 1.807) is 12.1 Å². The minimum atomic E-state index is -0.398. The molecule has 1 aliphatic rings. The van der Waals surface area contributed by atoms with Crippen LogP contribution in [0.4, 0.5) is 11.4 Å². The van der Waals surface area contributed by atoms with Crippen molar-refractivity contribution in [1.29, 1.82) is 0 Å². The first-order valence-electron chi connectivity index (χ1n) is 9.90. The van der Waals surface area contributed by atoms with Crippen molar-refractivity contribution >= 4 is 52.0 Å². The zero-order chi connectivity index (χ0) is 22.1. The van der Waals surface area contributed by atoms with Crippen molar-refractivity contribution in [3.8, 4) is 0 Å². The quantitative estimate of drug-likeness (QED) is 0.440. The number of halogens is 2. The lowest BCUT2D eigenvalue weighted by Gasteiger charge is -2.25. The lowest BCUT2D eigenvalue weighted by atomic mass is 10.0. The molecule has 0 fully saturated rings. The highest BCUT2D eigenvalue weighted by atomic mass is 35.5. The third kappa shape index (κ3) is 3.85. The maximum Gasteiger partial charge on any atom is 0.282 e. The van der Waals surface area contributed by atoms with Gasteiger partial charge in [-0.2, -0.15) is 0 Å².